The number of ketones is 1. The molecule has 3 rings (SSSR count). The normalized spacial score (nSPS) is 35.1. The molecule has 2 fully saturated rings. The molecule has 0 heterocycles. The first-order valence-electron chi connectivity index (χ1n) is 6.58. The molecule has 2 heteroatoms. The molecule has 0 spiro atoms. The standard InChI is InChI=1S/C15H19NO/c16-15-12-7-6-11(9-12)14(15)13(17)8-10-4-2-1-3-5-10/h1-5,11-12,14-15H,6-9,16H2. The minimum Gasteiger partial charge on any atom is -0.327 e. The molecule has 0 radical (unpaired) electrons. The van der Waals surface area contributed by atoms with E-state index in [-0.39, 0.29) is 12.0 Å². The van der Waals surface area contributed by atoms with Crippen LogP contribution in [-0.2, 0) is 11.2 Å². The molecule has 0 aliphatic heterocycles. The largest absolute Gasteiger partial charge is 0.327 e. The molecule has 4 atom stereocenters. The lowest BCUT2D eigenvalue weighted by Crippen LogP contribution is -2.40. The molecule has 4 unspecified atom stereocenters. The molecule has 2 nitrogen and oxygen atoms in total. The number of nitrogens with two attached hydrogens (primary N) is 1. The molecular weight excluding hydrogens is 210 g/mol. The predicted molar refractivity (Wildman–Crippen MR) is 67.4 cm³/mol. The Morgan fingerprint density at radius 1 is 1.18 bits per heavy atom. The van der Waals surface area contributed by atoms with Crippen LogP contribution in [0.5, 0.6) is 0 Å². The van der Waals surface area contributed by atoms with E-state index in [2.05, 4.69) is 0 Å². The number of carbonyl (C=O) groups excluding carboxylic acids is 1. The van der Waals surface area contributed by atoms with Crippen LogP contribution in [0, 0.1) is 17.8 Å². The molecule has 2 bridgehead atoms. The highest BCUT2D eigenvalue weighted by molar-refractivity contribution is 5.84. The number of rotatable bonds is 3. The van der Waals surface area contributed by atoms with Gasteiger partial charge in [-0.15, -0.1) is 0 Å². The van der Waals surface area contributed by atoms with Gasteiger partial charge in [-0.3, -0.25) is 4.79 Å². The second-order valence-corrected chi connectivity index (χ2v) is 5.57. The summed E-state index contributed by atoms with van der Waals surface area (Å²) >= 11 is 0. The lowest BCUT2D eigenvalue weighted by Gasteiger charge is -2.26. The zero-order valence-electron chi connectivity index (χ0n) is 10.0. The maximum Gasteiger partial charge on any atom is 0.142 e. The lowest BCUT2D eigenvalue weighted by molar-refractivity contribution is -0.124. The quantitative estimate of drug-likeness (QED) is 0.863. The summed E-state index contributed by atoms with van der Waals surface area (Å²) in [6, 6.07) is 10.1. The van der Waals surface area contributed by atoms with Gasteiger partial charge in [0, 0.05) is 18.4 Å². The van der Waals surface area contributed by atoms with Gasteiger partial charge in [0.15, 0.2) is 0 Å². The van der Waals surface area contributed by atoms with E-state index in [0.29, 0.717) is 24.0 Å². The molecule has 2 N–H and O–H groups in total. The fourth-order valence-corrected chi connectivity index (χ4v) is 3.73. The molecular formula is C15H19NO. The number of carbonyl (C=O) groups is 1. The van der Waals surface area contributed by atoms with Crippen LogP contribution in [-0.4, -0.2) is 11.8 Å². The highest BCUT2D eigenvalue weighted by Gasteiger charge is 2.48. The highest BCUT2D eigenvalue weighted by atomic mass is 16.1. The third-order valence-electron chi connectivity index (χ3n) is 4.57. The van der Waals surface area contributed by atoms with Crippen LogP contribution in [0.1, 0.15) is 24.8 Å². The first kappa shape index (κ1) is 11.0. The van der Waals surface area contributed by atoms with Gasteiger partial charge in [-0.1, -0.05) is 30.3 Å². The summed E-state index contributed by atoms with van der Waals surface area (Å²) in [5, 5.41) is 0. The Kier molecular flexibility index (Phi) is 2.75. The average Bonchev–Trinajstić information content (AvgIpc) is 2.90. The lowest BCUT2D eigenvalue weighted by atomic mass is 9.80. The minimum absolute atomic E-state index is 0.130. The van der Waals surface area contributed by atoms with Gasteiger partial charge in [0.1, 0.15) is 5.78 Å². The third kappa shape index (κ3) is 1.91. The van der Waals surface area contributed by atoms with Crippen molar-refractivity contribution in [2.24, 2.45) is 23.5 Å². The van der Waals surface area contributed by atoms with Gasteiger partial charge in [0.2, 0.25) is 0 Å². The maximum absolute atomic E-state index is 12.3. The molecule has 0 aromatic heterocycles. The first-order valence-corrected chi connectivity index (χ1v) is 6.58. The molecule has 90 valence electrons. The SMILES string of the molecule is NC1C2CCC(C2)C1C(=O)Cc1ccccc1. The summed E-state index contributed by atoms with van der Waals surface area (Å²) in [6.45, 7) is 0. The van der Waals surface area contributed by atoms with Crippen molar-refractivity contribution in [3.8, 4) is 0 Å². The fourth-order valence-electron chi connectivity index (χ4n) is 3.73. The van der Waals surface area contributed by atoms with Crippen molar-refractivity contribution in [1.82, 2.24) is 0 Å². The summed E-state index contributed by atoms with van der Waals surface area (Å²) < 4.78 is 0. The van der Waals surface area contributed by atoms with Crippen LogP contribution in [0.4, 0.5) is 0 Å². The van der Waals surface area contributed by atoms with Crippen molar-refractivity contribution in [3.63, 3.8) is 0 Å². The van der Waals surface area contributed by atoms with Crippen LogP contribution in [0.2, 0.25) is 0 Å². The van der Waals surface area contributed by atoms with E-state index < -0.39 is 0 Å². The zero-order valence-corrected chi connectivity index (χ0v) is 10.0. The molecule has 2 aliphatic carbocycles. The van der Waals surface area contributed by atoms with Crippen molar-refractivity contribution in [1.29, 1.82) is 0 Å². The van der Waals surface area contributed by atoms with Crippen molar-refractivity contribution in [3.05, 3.63) is 35.9 Å². The Morgan fingerprint density at radius 2 is 1.88 bits per heavy atom. The number of fused-ring (bicyclic) bond motifs is 2. The Bertz CT molecular complexity index is 412. The number of hydrogen-bond donors (Lipinski definition) is 1. The second kappa shape index (κ2) is 4.26. The van der Waals surface area contributed by atoms with E-state index in [1.54, 1.807) is 0 Å². The van der Waals surface area contributed by atoms with Crippen LogP contribution in [0.25, 0.3) is 0 Å². The molecule has 1 aromatic carbocycles. The van der Waals surface area contributed by atoms with Gasteiger partial charge >= 0.3 is 0 Å². The van der Waals surface area contributed by atoms with Gasteiger partial charge in [0.05, 0.1) is 0 Å². The van der Waals surface area contributed by atoms with E-state index in [1.165, 1.54) is 19.3 Å². The topological polar surface area (TPSA) is 43.1 Å². The Labute approximate surface area is 102 Å². The van der Waals surface area contributed by atoms with Crippen molar-refractivity contribution >= 4 is 5.78 Å². The maximum atomic E-state index is 12.3. The second-order valence-electron chi connectivity index (χ2n) is 5.57. The number of benzene rings is 1. The van der Waals surface area contributed by atoms with Gasteiger partial charge < -0.3 is 5.73 Å². The Morgan fingerprint density at radius 3 is 2.53 bits per heavy atom. The zero-order chi connectivity index (χ0) is 11.8. The van der Waals surface area contributed by atoms with Crippen LogP contribution in [0.3, 0.4) is 0 Å². The van der Waals surface area contributed by atoms with Gasteiger partial charge in [-0.2, -0.15) is 0 Å². The third-order valence-corrected chi connectivity index (χ3v) is 4.57. The van der Waals surface area contributed by atoms with Crippen LogP contribution in [0.15, 0.2) is 30.3 Å². The highest BCUT2D eigenvalue weighted by Crippen LogP contribution is 2.48. The molecule has 2 aliphatic rings. The summed E-state index contributed by atoms with van der Waals surface area (Å²) in [7, 11) is 0. The predicted octanol–water partition coefficient (Wildman–Crippen LogP) is 2.17. The minimum atomic E-state index is 0.130. The Hall–Kier alpha value is -1.15. The molecule has 1 aromatic rings. The summed E-state index contributed by atoms with van der Waals surface area (Å²) in [4.78, 5) is 12.3. The van der Waals surface area contributed by atoms with Gasteiger partial charge in [0.25, 0.3) is 0 Å². The summed E-state index contributed by atoms with van der Waals surface area (Å²) in [5.74, 6) is 1.68. The molecule has 2 saturated carbocycles. The van der Waals surface area contributed by atoms with E-state index in [4.69, 9.17) is 5.73 Å². The average molecular weight is 229 g/mol. The molecule has 0 saturated heterocycles. The van der Waals surface area contributed by atoms with E-state index >= 15 is 0 Å². The van der Waals surface area contributed by atoms with Crippen molar-refractivity contribution in [2.45, 2.75) is 31.7 Å². The van der Waals surface area contributed by atoms with E-state index in [0.717, 1.165) is 5.56 Å². The summed E-state index contributed by atoms with van der Waals surface area (Å²) in [5.41, 5.74) is 7.32. The van der Waals surface area contributed by atoms with Crippen LogP contribution < -0.4 is 5.73 Å². The fraction of sp³-hybridized carbons (Fsp3) is 0.533. The van der Waals surface area contributed by atoms with E-state index in [1.807, 2.05) is 30.3 Å². The smallest absolute Gasteiger partial charge is 0.142 e. The molecule has 17 heavy (non-hydrogen) atoms. The summed E-state index contributed by atoms with van der Waals surface area (Å²) in [6.07, 6.45) is 4.19. The van der Waals surface area contributed by atoms with Crippen molar-refractivity contribution < 1.29 is 4.79 Å². The van der Waals surface area contributed by atoms with Crippen molar-refractivity contribution in [2.75, 3.05) is 0 Å². The first-order chi connectivity index (χ1) is 8.25. The van der Waals surface area contributed by atoms with Crippen LogP contribution >= 0.6 is 0 Å². The van der Waals surface area contributed by atoms with Gasteiger partial charge in [-0.05, 0) is 36.7 Å². The Balaban J connectivity index is 1.71. The monoisotopic (exact) mass is 229 g/mol. The molecule has 0 amide bonds. The number of Topliss-reactive ketones (excluding diaryl/α,β-unsaturated/α-hetero) is 1. The van der Waals surface area contributed by atoms with E-state index in [9.17, 15) is 4.79 Å². The number of hydrogen-bond acceptors (Lipinski definition) is 2. The van der Waals surface area contributed by atoms with Gasteiger partial charge in [-0.25, -0.2) is 0 Å².